The number of benzene rings is 3. The Kier molecular flexibility index (Phi) is 4.72. The molecule has 1 aliphatic heterocycles. The monoisotopic (exact) mass is 375 g/mol. The van der Waals surface area contributed by atoms with Crippen molar-refractivity contribution >= 4 is 40.3 Å². The number of hydrogen-bond donors (Lipinski definition) is 2. The highest BCUT2D eigenvalue weighted by Crippen LogP contribution is 2.30. The molecule has 0 saturated heterocycles. The molecule has 1 aliphatic rings. The van der Waals surface area contributed by atoms with Gasteiger partial charge < -0.3 is 20.3 Å². The highest BCUT2D eigenvalue weighted by molar-refractivity contribution is 7.80. The van der Waals surface area contributed by atoms with Crippen LogP contribution in [0, 0.1) is 0 Å². The molecule has 1 heterocycles. The van der Waals surface area contributed by atoms with Crippen LogP contribution >= 0.6 is 12.2 Å². The van der Waals surface area contributed by atoms with Gasteiger partial charge in [0.25, 0.3) is 0 Å². The van der Waals surface area contributed by atoms with Crippen molar-refractivity contribution in [1.29, 1.82) is 0 Å². The van der Waals surface area contributed by atoms with Crippen molar-refractivity contribution in [1.82, 2.24) is 0 Å². The van der Waals surface area contributed by atoms with Crippen LogP contribution in [0.15, 0.2) is 78.9 Å². The van der Waals surface area contributed by atoms with Crippen molar-refractivity contribution in [3.8, 4) is 11.5 Å². The van der Waals surface area contributed by atoms with E-state index in [9.17, 15) is 4.79 Å². The Balaban J connectivity index is 1.46. The van der Waals surface area contributed by atoms with Crippen molar-refractivity contribution in [2.45, 2.75) is 0 Å². The van der Waals surface area contributed by atoms with Gasteiger partial charge in [-0.05, 0) is 60.7 Å². The number of carbonyl (C=O) groups is 1. The van der Waals surface area contributed by atoms with Crippen molar-refractivity contribution in [3.05, 3.63) is 78.9 Å². The van der Waals surface area contributed by atoms with Gasteiger partial charge in [-0.15, -0.1) is 0 Å². The van der Waals surface area contributed by atoms with E-state index in [1.54, 1.807) is 4.90 Å². The Morgan fingerprint density at radius 1 is 0.926 bits per heavy atom. The largest absolute Gasteiger partial charge is 0.457 e. The summed E-state index contributed by atoms with van der Waals surface area (Å²) in [6, 6.07) is 24.7. The Morgan fingerprint density at radius 3 is 2.37 bits per heavy atom. The maximum absolute atomic E-state index is 12.0. The average Bonchev–Trinajstić information content (AvgIpc) is 2.69. The summed E-state index contributed by atoms with van der Waals surface area (Å²) in [5.74, 6) is 1.43. The second kappa shape index (κ2) is 7.47. The molecular weight excluding hydrogens is 358 g/mol. The Morgan fingerprint density at radius 2 is 1.59 bits per heavy atom. The van der Waals surface area contributed by atoms with Gasteiger partial charge in [-0.1, -0.05) is 30.3 Å². The third-order valence-electron chi connectivity index (χ3n) is 4.10. The number of nitrogens with one attached hydrogen (secondary N) is 2. The molecule has 0 spiro atoms. The third kappa shape index (κ3) is 3.91. The molecule has 3 aromatic carbocycles. The lowest BCUT2D eigenvalue weighted by Gasteiger charge is -2.31. The van der Waals surface area contributed by atoms with Crippen LogP contribution in [0.25, 0.3) is 0 Å². The SMILES string of the molecule is O=C1CN(C(=S)Nc2ccc(Oc3ccccc3)cc2)c2ccccc2N1. The molecule has 0 atom stereocenters. The first-order valence-corrected chi connectivity index (χ1v) is 8.90. The number of anilines is 3. The maximum Gasteiger partial charge on any atom is 0.244 e. The van der Waals surface area contributed by atoms with E-state index in [0.29, 0.717) is 5.11 Å². The molecule has 0 saturated carbocycles. The van der Waals surface area contributed by atoms with Gasteiger partial charge in [-0.25, -0.2) is 0 Å². The van der Waals surface area contributed by atoms with Crippen LogP contribution in [0.3, 0.4) is 0 Å². The summed E-state index contributed by atoms with van der Waals surface area (Å²) in [5, 5.41) is 6.51. The fourth-order valence-corrected chi connectivity index (χ4v) is 3.12. The van der Waals surface area contributed by atoms with Gasteiger partial charge in [0.1, 0.15) is 18.0 Å². The molecule has 0 unspecified atom stereocenters. The molecule has 0 aliphatic carbocycles. The highest BCUT2D eigenvalue weighted by atomic mass is 32.1. The molecule has 134 valence electrons. The molecular formula is C21H17N3O2S. The molecule has 0 radical (unpaired) electrons. The first-order valence-electron chi connectivity index (χ1n) is 8.49. The number of nitrogens with zero attached hydrogens (tertiary/aromatic N) is 1. The smallest absolute Gasteiger partial charge is 0.244 e. The lowest BCUT2D eigenvalue weighted by Crippen LogP contribution is -2.44. The predicted octanol–water partition coefficient (Wildman–Crippen LogP) is 4.63. The van der Waals surface area contributed by atoms with E-state index < -0.39 is 0 Å². The molecule has 1 amide bonds. The summed E-state index contributed by atoms with van der Waals surface area (Å²) in [5.41, 5.74) is 2.45. The lowest BCUT2D eigenvalue weighted by atomic mass is 10.2. The molecule has 0 fully saturated rings. The van der Waals surface area contributed by atoms with E-state index in [2.05, 4.69) is 10.6 Å². The number of amides is 1. The zero-order chi connectivity index (χ0) is 18.6. The molecule has 0 bridgehead atoms. The number of rotatable bonds is 3. The molecule has 4 rings (SSSR count). The summed E-state index contributed by atoms with van der Waals surface area (Å²) in [6.07, 6.45) is 0. The van der Waals surface area contributed by atoms with Gasteiger partial charge in [0.15, 0.2) is 5.11 Å². The second-order valence-electron chi connectivity index (χ2n) is 6.02. The van der Waals surface area contributed by atoms with Gasteiger partial charge in [0.05, 0.1) is 11.4 Å². The summed E-state index contributed by atoms with van der Waals surface area (Å²) in [6.45, 7) is 0.179. The Hall–Kier alpha value is -3.38. The maximum atomic E-state index is 12.0. The molecule has 6 heteroatoms. The van der Waals surface area contributed by atoms with Crippen LogP contribution in [-0.4, -0.2) is 17.6 Å². The topological polar surface area (TPSA) is 53.6 Å². The van der Waals surface area contributed by atoms with Gasteiger partial charge >= 0.3 is 0 Å². The van der Waals surface area contributed by atoms with Gasteiger partial charge in [-0.2, -0.15) is 0 Å². The van der Waals surface area contributed by atoms with Gasteiger partial charge in [0, 0.05) is 5.69 Å². The van der Waals surface area contributed by atoms with E-state index in [1.807, 2.05) is 78.9 Å². The van der Waals surface area contributed by atoms with Crippen molar-refractivity contribution in [3.63, 3.8) is 0 Å². The van der Waals surface area contributed by atoms with Crippen LogP contribution in [0.2, 0.25) is 0 Å². The van der Waals surface area contributed by atoms with Gasteiger partial charge in [0.2, 0.25) is 5.91 Å². The summed E-state index contributed by atoms with van der Waals surface area (Å²) >= 11 is 5.53. The molecule has 2 N–H and O–H groups in total. The van der Waals surface area contributed by atoms with Crippen molar-refractivity contribution in [2.75, 3.05) is 22.1 Å². The average molecular weight is 375 g/mol. The summed E-state index contributed by atoms with van der Waals surface area (Å²) in [4.78, 5) is 13.7. The fraction of sp³-hybridized carbons (Fsp3) is 0.0476. The number of hydrogen-bond acceptors (Lipinski definition) is 3. The minimum atomic E-state index is -0.0931. The number of para-hydroxylation sites is 3. The number of fused-ring (bicyclic) bond motifs is 1. The van der Waals surface area contributed by atoms with Crippen LogP contribution in [0.5, 0.6) is 11.5 Å². The quantitative estimate of drug-likeness (QED) is 0.654. The van der Waals surface area contributed by atoms with Crippen molar-refractivity contribution < 1.29 is 9.53 Å². The number of thiocarbonyl (C=S) groups is 1. The van der Waals surface area contributed by atoms with Crippen LogP contribution in [-0.2, 0) is 4.79 Å². The van der Waals surface area contributed by atoms with Crippen molar-refractivity contribution in [2.24, 2.45) is 0 Å². The summed E-state index contributed by atoms with van der Waals surface area (Å²) in [7, 11) is 0. The third-order valence-corrected chi connectivity index (χ3v) is 4.42. The number of ether oxygens (including phenoxy) is 1. The van der Waals surface area contributed by atoms with E-state index in [-0.39, 0.29) is 12.5 Å². The standard InChI is InChI=1S/C21H17N3O2S/c25-20-14-24(19-9-5-4-8-18(19)23-20)21(27)22-15-10-12-17(13-11-15)26-16-6-2-1-3-7-16/h1-13H,14H2,(H,22,27)(H,23,25). The second-order valence-corrected chi connectivity index (χ2v) is 6.41. The van der Waals surface area contributed by atoms with E-state index in [1.165, 1.54) is 0 Å². The molecule has 5 nitrogen and oxygen atoms in total. The molecule has 3 aromatic rings. The van der Waals surface area contributed by atoms with E-state index >= 15 is 0 Å². The zero-order valence-corrected chi connectivity index (χ0v) is 15.2. The minimum absolute atomic E-state index is 0.0931. The number of carbonyl (C=O) groups excluding carboxylic acids is 1. The van der Waals surface area contributed by atoms with Gasteiger partial charge in [-0.3, -0.25) is 4.79 Å². The lowest BCUT2D eigenvalue weighted by molar-refractivity contribution is -0.115. The predicted molar refractivity (Wildman–Crippen MR) is 112 cm³/mol. The Bertz CT molecular complexity index is 974. The minimum Gasteiger partial charge on any atom is -0.457 e. The first kappa shape index (κ1) is 17.1. The van der Waals surface area contributed by atoms with Crippen LogP contribution in [0.4, 0.5) is 17.1 Å². The zero-order valence-electron chi connectivity index (χ0n) is 14.4. The van der Waals surface area contributed by atoms with Crippen LogP contribution < -0.4 is 20.3 Å². The van der Waals surface area contributed by atoms with Crippen LogP contribution in [0.1, 0.15) is 0 Å². The highest BCUT2D eigenvalue weighted by Gasteiger charge is 2.24. The molecule has 0 aromatic heterocycles. The molecule has 27 heavy (non-hydrogen) atoms. The Labute approximate surface area is 162 Å². The fourth-order valence-electron chi connectivity index (χ4n) is 2.84. The first-order chi connectivity index (χ1) is 13.2. The normalized spacial score (nSPS) is 12.7. The van der Waals surface area contributed by atoms with E-state index in [0.717, 1.165) is 28.6 Å². The summed E-state index contributed by atoms with van der Waals surface area (Å²) < 4.78 is 5.79. The van der Waals surface area contributed by atoms with E-state index in [4.69, 9.17) is 17.0 Å².